The number of carbonyl (C=O) groups excluding carboxylic acids is 1. The second-order valence-electron chi connectivity index (χ2n) is 3.24. The Morgan fingerprint density at radius 3 is 2.62 bits per heavy atom. The maximum Gasteiger partial charge on any atom is 0.385 e. The third-order valence-corrected chi connectivity index (χ3v) is 2.34. The third kappa shape index (κ3) is 1.88. The van der Waals surface area contributed by atoms with Crippen LogP contribution < -0.4 is 0 Å². The van der Waals surface area contributed by atoms with E-state index < -0.39 is 11.2 Å². The van der Waals surface area contributed by atoms with Crippen molar-refractivity contribution in [1.29, 1.82) is 0 Å². The summed E-state index contributed by atoms with van der Waals surface area (Å²) in [4.78, 5) is 15.1. The van der Waals surface area contributed by atoms with Crippen LogP contribution in [0.3, 0.4) is 0 Å². The minimum atomic E-state index is -3.90. The van der Waals surface area contributed by atoms with Crippen molar-refractivity contribution in [2.24, 2.45) is 0 Å². The molecule has 0 aliphatic carbocycles. The largest absolute Gasteiger partial charge is 0.385 e. The molecule has 2 nitrogen and oxygen atoms in total. The molecule has 16 heavy (non-hydrogen) atoms. The standard InChI is InChI=1S/C11H6ClF2NO/c12-11(13,14)10(16)9-6-15-5-7-3-1-2-4-8(7)9/h1-6H. The van der Waals surface area contributed by atoms with Crippen molar-refractivity contribution in [2.75, 3.05) is 0 Å². The number of carbonyl (C=O) groups is 1. The maximum atomic E-state index is 12.7. The van der Waals surface area contributed by atoms with Gasteiger partial charge in [0.1, 0.15) is 0 Å². The van der Waals surface area contributed by atoms with Gasteiger partial charge in [0, 0.05) is 17.8 Å². The van der Waals surface area contributed by atoms with Crippen LogP contribution in [0, 0.1) is 0 Å². The number of fused-ring (bicyclic) bond motifs is 1. The van der Waals surface area contributed by atoms with E-state index in [-0.39, 0.29) is 5.56 Å². The molecule has 0 bridgehead atoms. The van der Waals surface area contributed by atoms with Gasteiger partial charge < -0.3 is 0 Å². The van der Waals surface area contributed by atoms with Gasteiger partial charge in [-0.1, -0.05) is 24.3 Å². The summed E-state index contributed by atoms with van der Waals surface area (Å²) in [6.07, 6.45) is 2.60. The Morgan fingerprint density at radius 1 is 1.25 bits per heavy atom. The molecule has 2 rings (SSSR count). The fourth-order valence-corrected chi connectivity index (χ4v) is 1.55. The number of nitrogens with zero attached hydrogens (tertiary/aromatic N) is 1. The van der Waals surface area contributed by atoms with Crippen molar-refractivity contribution in [3.63, 3.8) is 0 Å². The van der Waals surface area contributed by atoms with Crippen LogP contribution >= 0.6 is 11.6 Å². The van der Waals surface area contributed by atoms with Crippen LogP contribution in [0.1, 0.15) is 10.4 Å². The molecule has 0 amide bonds. The average molecular weight is 242 g/mol. The molecule has 1 aromatic carbocycles. The summed E-state index contributed by atoms with van der Waals surface area (Å²) in [5, 5.41) is -2.86. The van der Waals surface area contributed by atoms with Gasteiger partial charge in [-0.05, 0) is 17.0 Å². The van der Waals surface area contributed by atoms with Gasteiger partial charge in [0.25, 0.3) is 0 Å². The number of benzene rings is 1. The van der Waals surface area contributed by atoms with E-state index in [1.165, 1.54) is 6.20 Å². The highest BCUT2D eigenvalue weighted by atomic mass is 35.5. The van der Waals surface area contributed by atoms with E-state index in [0.29, 0.717) is 10.8 Å². The molecule has 1 aromatic heterocycles. The minimum absolute atomic E-state index is 0.168. The quantitative estimate of drug-likeness (QED) is 0.597. The zero-order valence-electron chi connectivity index (χ0n) is 7.95. The first-order valence-corrected chi connectivity index (χ1v) is 4.82. The number of pyridine rings is 1. The van der Waals surface area contributed by atoms with Crippen molar-refractivity contribution >= 4 is 28.2 Å². The van der Waals surface area contributed by atoms with Gasteiger partial charge in [-0.3, -0.25) is 9.78 Å². The Labute approximate surface area is 94.9 Å². The van der Waals surface area contributed by atoms with Crippen LogP contribution in [-0.2, 0) is 0 Å². The van der Waals surface area contributed by atoms with Crippen LogP contribution in [0.4, 0.5) is 8.78 Å². The van der Waals surface area contributed by atoms with Gasteiger partial charge in [-0.15, -0.1) is 0 Å². The number of aromatic nitrogens is 1. The van der Waals surface area contributed by atoms with E-state index in [1.807, 2.05) is 0 Å². The Balaban J connectivity index is 2.66. The predicted molar refractivity (Wildman–Crippen MR) is 56.9 cm³/mol. The Morgan fingerprint density at radius 2 is 1.94 bits per heavy atom. The predicted octanol–water partition coefficient (Wildman–Crippen LogP) is 3.25. The normalized spacial score (nSPS) is 11.7. The molecule has 0 N–H and O–H groups in total. The zero-order valence-corrected chi connectivity index (χ0v) is 8.71. The molecular weight excluding hydrogens is 236 g/mol. The number of halogens is 3. The smallest absolute Gasteiger partial charge is 0.286 e. The summed E-state index contributed by atoms with van der Waals surface area (Å²) in [5.74, 6) is -1.43. The fraction of sp³-hybridized carbons (Fsp3) is 0.0909. The molecule has 0 spiro atoms. The van der Waals surface area contributed by atoms with Crippen LogP contribution in [0.25, 0.3) is 10.8 Å². The molecule has 0 fully saturated rings. The molecule has 0 atom stereocenters. The minimum Gasteiger partial charge on any atom is -0.286 e. The molecule has 0 aliphatic rings. The molecule has 0 aliphatic heterocycles. The van der Waals surface area contributed by atoms with E-state index in [1.54, 1.807) is 24.3 Å². The van der Waals surface area contributed by atoms with Gasteiger partial charge in [-0.2, -0.15) is 8.78 Å². The maximum absolute atomic E-state index is 12.7. The summed E-state index contributed by atoms with van der Waals surface area (Å²) in [5.41, 5.74) is -0.168. The van der Waals surface area contributed by atoms with Crippen molar-refractivity contribution in [3.05, 3.63) is 42.2 Å². The molecule has 0 unspecified atom stereocenters. The number of Topliss-reactive ketones (excluding diaryl/α,β-unsaturated/α-hetero) is 1. The SMILES string of the molecule is O=C(c1cncc2ccccc12)C(F)(F)Cl. The van der Waals surface area contributed by atoms with Crippen molar-refractivity contribution in [2.45, 2.75) is 5.38 Å². The molecule has 5 heteroatoms. The highest BCUT2D eigenvalue weighted by molar-refractivity contribution is 6.36. The lowest BCUT2D eigenvalue weighted by Gasteiger charge is -2.08. The first-order chi connectivity index (χ1) is 7.50. The zero-order chi connectivity index (χ0) is 11.8. The summed E-state index contributed by atoms with van der Waals surface area (Å²) in [7, 11) is 0. The average Bonchev–Trinajstić information content (AvgIpc) is 2.26. The van der Waals surface area contributed by atoms with Crippen molar-refractivity contribution in [1.82, 2.24) is 4.98 Å². The van der Waals surface area contributed by atoms with Crippen molar-refractivity contribution < 1.29 is 13.6 Å². The number of rotatable bonds is 2. The number of hydrogen-bond acceptors (Lipinski definition) is 2. The van der Waals surface area contributed by atoms with E-state index in [4.69, 9.17) is 11.6 Å². The lowest BCUT2D eigenvalue weighted by atomic mass is 10.1. The van der Waals surface area contributed by atoms with Gasteiger partial charge >= 0.3 is 5.38 Å². The van der Waals surface area contributed by atoms with Gasteiger partial charge in [0.15, 0.2) is 0 Å². The highest BCUT2D eigenvalue weighted by Crippen LogP contribution is 2.27. The van der Waals surface area contributed by atoms with Crippen molar-refractivity contribution in [3.8, 4) is 0 Å². The number of alkyl halides is 3. The lowest BCUT2D eigenvalue weighted by molar-refractivity contribution is 0.0537. The van der Waals surface area contributed by atoms with E-state index in [0.717, 1.165) is 6.20 Å². The molecule has 0 saturated carbocycles. The van der Waals surface area contributed by atoms with Gasteiger partial charge in [-0.25, -0.2) is 0 Å². The molecule has 82 valence electrons. The van der Waals surface area contributed by atoms with E-state index >= 15 is 0 Å². The third-order valence-electron chi connectivity index (χ3n) is 2.17. The Hall–Kier alpha value is -1.55. The van der Waals surface area contributed by atoms with E-state index in [2.05, 4.69) is 4.98 Å². The summed E-state index contributed by atoms with van der Waals surface area (Å²) in [6, 6.07) is 6.65. The fourth-order valence-electron chi connectivity index (χ4n) is 1.45. The Kier molecular flexibility index (Phi) is 2.59. The van der Waals surface area contributed by atoms with E-state index in [9.17, 15) is 13.6 Å². The number of hydrogen-bond donors (Lipinski definition) is 0. The summed E-state index contributed by atoms with van der Waals surface area (Å²) >= 11 is 4.71. The second kappa shape index (κ2) is 3.79. The van der Waals surface area contributed by atoms with Crippen LogP contribution in [-0.4, -0.2) is 16.1 Å². The van der Waals surface area contributed by atoms with Crippen LogP contribution in [0.15, 0.2) is 36.7 Å². The molecule has 1 heterocycles. The second-order valence-corrected chi connectivity index (χ2v) is 3.71. The number of ketones is 1. The van der Waals surface area contributed by atoms with Gasteiger partial charge in [0.05, 0.1) is 5.56 Å². The molecule has 2 aromatic rings. The Bertz CT molecular complexity index is 546. The van der Waals surface area contributed by atoms with Crippen LogP contribution in [0.5, 0.6) is 0 Å². The molecule has 0 radical (unpaired) electrons. The first-order valence-electron chi connectivity index (χ1n) is 4.44. The monoisotopic (exact) mass is 241 g/mol. The highest BCUT2D eigenvalue weighted by Gasteiger charge is 2.37. The summed E-state index contributed by atoms with van der Waals surface area (Å²) < 4.78 is 25.4. The van der Waals surface area contributed by atoms with Crippen LogP contribution in [0.2, 0.25) is 0 Å². The lowest BCUT2D eigenvalue weighted by Crippen LogP contribution is -2.21. The topological polar surface area (TPSA) is 30.0 Å². The summed E-state index contributed by atoms with van der Waals surface area (Å²) in [6.45, 7) is 0. The van der Waals surface area contributed by atoms with Gasteiger partial charge in [0.2, 0.25) is 5.78 Å². The molecule has 0 saturated heterocycles. The first kappa shape index (κ1) is 11.0. The molecular formula is C11H6ClF2NO.